The Morgan fingerprint density at radius 3 is 1.45 bits per heavy atom. The first kappa shape index (κ1) is 18.5. The van der Waals surface area contributed by atoms with Crippen LogP contribution >= 0.6 is 37.9 Å². The van der Waals surface area contributed by atoms with Crippen LogP contribution in [0.4, 0.5) is 0 Å². The molecule has 0 aromatic heterocycles. The van der Waals surface area contributed by atoms with Crippen LogP contribution in [0.1, 0.15) is 28.1 Å². The van der Waals surface area contributed by atoms with Gasteiger partial charge < -0.3 is 10.2 Å². The summed E-state index contributed by atoms with van der Waals surface area (Å²) in [6.07, 6.45) is 0. The molecule has 4 nitrogen and oxygen atoms in total. The van der Waals surface area contributed by atoms with Gasteiger partial charge in [-0.3, -0.25) is 0 Å². The van der Waals surface area contributed by atoms with E-state index in [1.807, 2.05) is 0 Å². The largest absolute Gasteiger partial charge is 0.478 e. The summed E-state index contributed by atoms with van der Waals surface area (Å²) in [4.78, 5) is 24.0. The van der Waals surface area contributed by atoms with Gasteiger partial charge in [0.1, 0.15) is 0 Å². The molecule has 0 aliphatic rings. The summed E-state index contributed by atoms with van der Waals surface area (Å²) in [5.41, 5.74) is 0.891. The van der Waals surface area contributed by atoms with Crippen LogP contribution in [0.2, 0.25) is 0 Å². The van der Waals surface area contributed by atoms with E-state index in [2.05, 4.69) is 37.9 Å². The number of carboxylic acids is 2. The smallest absolute Gasteiger partial charge is 0.335 e. The number of carbonyl (C=O) groups is 2. The lowest BCUT2D eigenvalue weighted by Crippen LogP contribution is -2.03. The van der Waals surface area contributed by atoms with Gasteiger partial charge in [0.2, 0.25) is 0 Å². The molecular formula is C15H14O4S3. The van der Waals surface area contributed by atoms with Crippen molar-refractivity contribution in [3.8, 4) is 11.1 Å². The van der Waals surface area contributed by atoms with E-state index in [9.17, 15) is 9.59 Å². The highest BCUT2D eigenvalue weighted by Crippen LogP contribution is 2.32. The van der Waals surface area contributed by atoms with Gasteiger partial charge in [0.25, 0.3) is 0 Å². The highest BCUT2D eigenvalue weighted by molar-refractivity contribution is 7.85. The fourth-order valence-electron chi connectivity index (χ4n) is 1.81. The van der Waals surface area contributed by atoms with Gasteiger partial charge in [-0.25, -0.2) is 9.59 Å². The maximum absolute atomic E-state index is 11.1. The van der Waals surface area contributed by atoms with Crippen LogP contribution < -0.4 is 0 Å². The molecule has 0 amide bonds. The van der Waals surface area contributed by atoms with Crippen molar-refractivity contribution < 1.29 is 19.8 Å². The number of rotatable bonds is 3. The number of hydrogen-bond donors (Lipinski definition) is 5. The molecule has 2 rings (SSSR count). The quantitative estimate of drug-likeness (QED) is 0.534. The molecular weight excluding hydrogens is 340 g/mol. The van der Waals surface area contributed by atoms with Gasteiger partial charge in [0.15, 0.2) is 0 Å². The van der Waals surface area contributed by atoms with Crippen molar-refractivity contribution in [1.29, 1.82) is 0 Å². The molecule has 0 saturated carbocycles. The third-order valence-electron chi connectivity index (χ3n) is 2.83. The fraction of sp³-hybridized carbons (Fsp3) is 0.0667. The standard InChI is InChI=1S/C14H10O4S3.CH4/c15-13(16)8-1-6(2-9(3-8)14(17)18)7-4-10(19)12(21)11(20)5-7;/h1-5,19-21H,(H,15,16)(H,17,18);1H4. The molecule has 2 aromatic carbocycles. The van der Waals surface area contributed by atoms with Crippen LogP contribution in [0.15, 0.2) is 45.0 Å². The highest BCUT2D eigenvalue weighted by Gasteiger charge is 2.13. The minimum atomic E-state index is -1.19. The Labute approximate surface area is 144 Å². The first-order valence-corrected chi connectivity index (χ1v) is 7.00. The molecule has 0 aliphatic carbocycles. The van der Waals surface area contributed by atoms with Gasteiger partial charge in [0, 0.05) is 14.7 Å². The number of carboxylic acid groups (broad SMARTS) is 2. The number of thiol groups is 3. The molecule has 2 aromatic rings. The minimum absolute atomic E-state index is 0. The number of hydrogen-bond acceptors (Lipinski definition) is 5. The van der Waals surface area contributed by atoms with E-state index in [0.29, 0.717) is 25.8 Å². The van der Waals surface area contributed by atoms with E-state index >= 15 is 0 Å². The summed E-state index contributed by atoms with van der Waals surface area (Å²) in [6, 6.07) is 7.28. The zero-order valence-corrected chi connectivity index (χ0v) is 13.1. The van der Waals surface area contributed by atoms with E-state index in [0.717, 1.165) is 6.07 Å². The lowest BCUT2D eigenvalue weighted by Gasteiger charge is -2.09. The average molecular weight is 354 g/mol. The molecule has 0 unspecified atom stereocenters. The molecule has 0 saturated heterocycles. The maximum Gasteiger partial charge on any atom is 0.335 e. The second-order valence-corrected chi connectivity index (χ2v) is 5.68. The van der Waals surface area contributed by atoms with Crippen LogP contribution in [0.25, 0.3) is 11.1 Å². The highest BCUT2D eigenvalue weighted by atomic mass is 32.1. The topological polar surface area (TPSA) is 74.6 Å². The molecule has 0 heterocycles. The van der Waals surface area contributed by atoms with E-state index in [-0.39, 0.29) is 18.6 Å². The van der Waals surface area contributed by atoms with Crippen LogP contribution in [-0.2, 0) is 0 Å². The predicted molar refractivity (Wildman–Crippen MR) is 94.3 cm³/mol. The van der Waals surface area contributed by atoms with Crippen LogP contribution in [0, 0.1) is 0 Å². The van der Waals surface area contributed by atoms with Crippen LogP contribution in [0.3, 0.4) is 0 Å². The molecule has 0 aliphatic heterocycles. The average Bonchev–Trinajstić information content (AvgIpc) is 2.43. The Bertz CT molecular complexity index is 701. The summed E-state index contributed by atoms with van der Waals surface area (Å²) in [5.74, 6) is -2.38. The monoisotopic (exact) mass is 354 g/mol. The van der Waals surface area contributed by atoms with Gasteiger partial charge in [-0.1, -0.05) is 7.43 Å². The Morgan fingerprint density at radius 1 is 0.727 bits per heavy atom. The maximum atomic E-state index is 11.1. The van der Waals surface area contributed by atoms with Crippen molar-refractivity contribution in [2.45, 2.75) is 22.1 Å². The summed E-state index contributed by atoms with van der Waals surface area (Å²) >= 11 is 12.8. The van der Waals surface area contributed by atoms with Gasteiger partial charge in [-0.05, 0) is 41.5 Å². The van der Waals surface area contributed by atoms with Crippen molar-refractivity contribution in [2.24, 2.45) is 0 Å². The first-order valence-electron chi connectivity index (χ1n) is 5.66. The third kappa shape index (κ3) is 3.79. The Kier molecular flexibility index (Phi) is 5.99. The minimum Gasteiger partial charge on any atom is -0.478 e. The van der Waals surface area contributed by atoms with Gasteiger partial charge in [0.05, 0.1) is 11.1 Å². The van der Waals surface area contributed by atoms with E-state index in [4.69, 9.17) is 10.2 Å². The summed E-state index contributed by atoms with van der Waals surface area (Å²) in [6.45, 7) is 0. The number of benzene rings is 2. The second-order valence-electron chi connectivity index (χ2n) is 4.27. The van der Waals surface area contributed by atoms with E-state index in [1.54, 1.807) is 12.1 Å². The normalized spacial score (nSPS) is 9.95. The summed E-state index contributed by atoms with van der Waals surface area (Å²) in [7, 11) is 0. The lowest BCUT2D eigenvalue weighted by molar-refractivity contribution is 0.0696. The SMILES string of the molecule is C.O=C(O)c1cc(C(=O)O)cc(-c2cc(S)c(S)c(S)c2)c1. The third-order valence-corrected chi connectivity index (χ3v) is 4.37. The van der Waals surface area contributed by atoms with Gasteiger partial charge in [-0.2, -0.15) is 0 Å². The van der Waals surface area contributed by atoms with Crippen molar-refractivity contribution in [1.82, 2.24) is 0 Å². The lowest BCUT2D eigenvalue weighted by atomic mass is 9.99. The van der Waals surface area contributed by atoms with Gasteiger partial charge in [-0.15, -0.1) is 37.9 Å². The molecule has 22 heavy (non-hydrogen) atoms. The Balaban J connectivity index is 0.00000242. The zero-order chi connectivity index (χ0) is 15.7. The summed E-state index contributed by atoms with van der Waals surface area (Å²) < 4.78 is 0. The molecule has 0 spiro atoms. The Hall–Kier alpha value is -1.57. The number of aromatic carboxylic acids is 2. The molecule has 0 atom stereocenters. The van der Waals surface area contributed by atoms with Crippen molar-refractivity contribution in [3.05, 3.63) is 41.5 Å². The molecule has 0 bridgehead atoms. The molecule has 116 valence electrons. The van der Waals surface area contributed by atoms with Crippen molar-refractivity contribution in [3.63, 3.8) is 0 Å². The molecule has 0 fully saturated rings. The van der Waals surface area contributed by atoms with Crippen molar-refractivity contribution in [2.75, 3.05) is 0 Å². The molecule has 2 N–H and O–H groups in total. The van der Waals surface area contributed by atoms with Crippen LogP contribution in [0.5, 0.6) is 0 Å². The van der Waals surface area contributed by atoms with Crippen LogP contribution in [-0.4, -0.2) is 22.2 Å². The Morgan fingerprint density at radius 2 is 1.09 bits per heavy atom. The van der Waals surface area contributed by atoms with Crippen molar-refractivity contribution >= 4 is 49.8 Å². The second kappa shape index (κ2) is 7.13. The molecule has 7 heteroatoms. The predicted octanol–water partition coefficient (Wildman–Crippen LogP) is 4.25. The summed E-state index contributed by atoms with van der Waals surface area (Å²) in [5, 5.41) is 18.2. The first-order chi connectivity index (χ1) is 9.79. The van der Waals surface area contributed by atoms with Gasteiger partial charge >= 0.3 is 11.9 Å². The van der Waals surface area contributed by atoms with E-state index < -0.39 is 11.9 Å². The fourth-order valence-corrected chi connectivity index (χ4v) is 2.55. The van der Waals surface area contributed by atoms with E-state index in [1.165, 1.54) is 12.1 Å². The zero-order valence-electron chi connectivity index (χ0n) is 10.4. The molecule has 0 radical (unpaired) electrons.